The van der Waals surface area contributed by atoms with Crippen LogP contribution in [-0.2, 0) is 11.2 Å². The highest BCUT2D eigenvalue weighted by molar-refractivity contribution is 6.05. The number of nitrogens with zero attached hydrogens (tertiary/aromatic N) is 1. The molecule has 0 atom stereocenters. The number of benzene rings is 2. The number of amides is 2. The second-order valence-corrected chi connectivity index (χ2v) is 7.90. The lowest BCUT2D eigenvalue weighted by atomic mass is 9.99. The molecule has 0 unspecified atom stereocenters. The van der Waals surface area contributed by atoms with Crippen LogP contribution in [0.15, 0.2) is 36.4 Å². The van der Waals surface area contributed by atoms with Crippen molar-refractivity contribution in [3.05, 3.63) is 58.7 Å². The number of anilines is 2. The molecule has 0 fully saturated rings. The molecule has 4 nitrogen and oxygen atoms in total. The van der Waals surface area contributed by atoms with Crippen LogP contribution in [0.3, 0.4) is 0 Å². The first-order chi connectivity index (χ1) is 12.8. The average molecular weight is 364 g/mol. The van der Waals surface area contributed by atoms with Crippen LogP contribution in [0.2, 0.25) is 0 Å². The summed E-state index contributed by atoms with van der Waals surface area (Å²) in [6, 6.07) is 11.7. The van der Waals surface area contributed by atoms with Crippen LogP contribution in [0.1, 0.15) is 53.7 Å². The number of hydrogen-bond acceptors (Lipinski definition) is 2. The van der Waals surface area contributed by atoms with Crippen molar-refractivity contribution in [2.75, 3.05) is 16.8 Å². The second-order valence-electron chi connectivity index (χ2n) is 7.90. The Balaban J connectivity index is 1.79. The maximum Gasteiger partial charge on any atom is 0.255 e. The van der Waals surface area contributed by atoms with E-state index in [1.165, 1.54) is 0 Å². The van der Waals surface area contributed by atoms with Gasteiger partial charge in [0.1, 0.15) is 0 Å². The van der Waals surface area contributed by atoms with Gasteiger partial charge in [-0.15, -0.1) is 0 Å². The number of carbonyl (C=O) groups excluding carboxylic acids is 2. The summed E-state index contributed by atoms with van der Waals surface area (Å²) in [4.78, 5) is 26.8. The Morgan fingerprint density at radius 2 is 1.78 bits per heavy atom. The van der Waals surface area contributed by atoms with Crippen LogP contribution in [0.4, 0.5) is 11.4 Å². The molecule has 1 N–H and O–H groups in total. The molecule has 0 saturated carbocycles. The van der Waals surface area contributed by atoms with Gasteiger partial charge in [0.15, 0.2) is 0 Å². The summed E-state index contributed by atoms with van der Waals surface area (Å²) in [7, 11) is 0. The van der Waals surface area contributed by atoms with Crippen LogP contribution in [0.25, 0.3) is 0 Å². The molecule has 1 aliphatic heterocycles. The van der Waals surface area contributed by atoms with Gasteiger partial charge in [-0.25, -0.2) is 0 Å². The van der Waals surface area contributed by atoms with Gasteiger partial charge in [-0.05, 0) is 68.5 Å². The molecule has 27 heavy (non-hydrogen) atoms. The highest BCUT2D eigenvalue weighted by Crippen LogP contribution is 2.31. The molecular formula is C23H28N2O2. The molecule has 4 heteroatoms. The van der Waals surface area contributed by atoms with Gasteiger partial charge in [-0.1, -0.05) is 31.0 Å². The summed E-state index contributed by atoms with van der Waals surface area (Å²) in [6.45, 7) is 9.07. The molecule has 0 spiro atoms. The highest BCUT2D eigenvalue weighted by atomic mass is 16.2. The fourth-order valence-electron chi connectivity index (χ4n) is 3.58. The predicted molar refractivity (Wildman–Crippen MR) is 110 cm³/mol. The van der Waals surface area contributed by atoms with Crippen molar-refractivity contribution >= 4 is 23.2 Å². The Kier molecular flexibility index (Phi) is 5.64. The summed E-state index contributed by atoms with van der Waals surface area (Å²) in [5.74, 6) is 0.639. The Bertz CT molecular complexity index is 850. The Morgan fingerprint density at radius 1 is 1.07 bits per heavy atom. The van der Waals surface area contributed by atoms with Crippen LogP contribution in [0, 0.1) is 19.8 Å². The lowest BCUT2D eigenvalue weighted by Gasteiger charge is -2.30. The summed E-state index contributed by atoms with van der Waals surface area (Å²) in [5.41, 5.74) is 5.69. The first kappa shape index (κ1) is 19.2. The zero-order chi connectivity index (χ0) is 19.6. The van der Waals surface area contributed by atoms with Crippen LogP contribution in [0.5, 0.6) is 0 Å². The maximum absolute atomic E-state index is 12.6. The fraction of sp³-hybridized carbons (Fsp3) is 0.391. The lowest BCUT2D eigenvalue weighted by Crippen LogP contribution is -2.36. The monoisotopic (exact) mass is 364 g/mol. The molecule has 0 aliphatic carbocycles. The smallest absolute Gasteiger partial charge is 0.255 e. The van der Waals surface area contributed by atoms with Crippen molar-refractivity contribution in [2.45, 2.75) is 47.0 Å². The van der Waals surface area contributed by atoms with Gasteiger partial charge < -0.3 is 10.2 Å². The van der Waals surface area contributed by atoms with Crippen molar-refractivity contribution in [1.29, 1.82) is 0 Å². The van der Waals surface area contributed by atoms with E-state index < -0.39 is 0 Å². The minimum Gasteiger partial charge on any atom is -0.322 e. The van der Waals surface area contributed by atoms with Crippen LogP contribution < -0.4 is 10.2 Å². The largest absolute Gasteiger partial charge is 0.322 e. The summed E-state index contributed by atoms with van der Waals surface area (Å²) < 4.78 is 0. The van der Waals surface area contributed by atoms with E-state index >= 15 is 0 Å². The minimum atomic E-state index is -0.106. The van der Waals surface area contributed by atoms with Gasteiger partial charge in [0.2, 0.25) is 5.91 Å². The van der Waals surface area contributed by atoms with Crippen LogP contribution >= 0.6 is 0 Å². The fourth-order valence-corrected chi connectivity index (χ4v) is 3.58. The van der Waals surface area contributed by atoms with Gasteiger partial charge in [-0.3, -0.25) is 9.59 Å². The summed E-state index contributed by atoms with van der Waals surface area (Å²) >= 11 is 0. The molecule has 1 aliphatic rings. The molecule has 142 valence electrons. The molecule has 1 heterocycles. The molecule has 3 rings (SSSR count). The number of fused-ring (bicyclic) bond motifs is 1. The SMILES string of the molecule is Cc1cc(C)cc(C(=O)Nc2ccc3c(c2)CCC(=O)N3CCC(C)C)c1. The first-order valence-corrected chi connectivity index (χ1v) is 9.66. The molecule has 2 aromatic carbocycles. The van der Waals surface area contributed by atoms with Gasteiger partial charge >= 0.3 is 0 Å². The summed E-state index contributed by atoms with van der Waals surface area (Å²) in [6.07, 6.45) is 2.23. The van der Waals surface area contributed by atoms with Gasteiger partial charge in [-0.2, -0.15) is 0 Å². The van der Waals surface area contributed by atoms with E-state index in [1.807, 2.05) is 49.1 Å². The van der Waals surface area contributed by atoms with E-state index in [1.54, 1.807) is 0 Å². The highest BCUT2D eigenvalue weighted by Gasteiger charge is 2.24. The Morgan fingerprint density at radius 3 is 2.44 bits per heavy atom. The Hall–Kier alpha value is -2.62. The van der Waals surface area contributed by atoms with E-state index in [0.717, 1.165) is 47.5 Å². The third-order valence-electron chi connectivity index (χ3n) is 4.95. The zero-order valence-corrected chi connectivity index (χ0v) is 16.6. The number of rotatable bonds is 5. The third-order valence-corrected chi connectivity index (χ3v) is 4.95. The number of carbonyl (C=O) groups is 2. The number of aryl methyl sites for hydroxylation is 3. The molecule has 2 amide bonds. The van der Waals surface area contributed by atoms with Crippen molar-refractivity contribution < 1.29 is 9.59 Å². The second kappa shape index (κ2) is 7.95. The van der Waals surface area contributed by atoms with E-state index in [4.69, 9.17) is 0 Å². The maximum atomic E-state index is 12.6. The molecule has 0 radical (unpaired) electrons. The quantitative estimate of drug-likeness (QED) is 0.822. The molecule has 0 saturated heterocycles. The van der Waals surface area contributed by atoms with E-state index in [9.17, 15) is 9.59 Å². The van der Waals surface area contributed by atoms with E-state index in [-0.39, 0.29) is 11.8 Å². The van der Waals surface area contributed by atoms with Crippen molar-refractivity contribution in [1.82, 2.24) is 0 Å². The van der Waals surface area contributed by atoms with Gasteiger partial charge in [0.25, 0.3) is 5.91 Å². The summed E-state index contributed by atoms with van der Waals surface area (Å²) in [5, 5.41) is 3.00. The predicted octanol–water partition coefficient (Wildman–Crippen LogP) is 4.88. The lowest BCUT2D eigenvalue weighted by molar-refractivity contribution is -0.118. The first-order valence-electron chi connectivity index (χ1n) is 9.66. The van der Waals surface area contributed by atoms with E-state index in [2.05, 4.69) is 25.2 Å². The zero-order valence-electron chi connectivity index (χ0n) is 16.6. The topological polar surface area (TPSA) is 49.4 Å². The van der Waals surface area contributed by atoms with Crippen molar-refractivity contribution in [2.24, 2.45) is 5.92 Å². The average Bonchev–Trinajstić information content (AvgIpc) is 2.60. The minimum absolute atomic E-state index is 0.106. The standard InChI is InChI=1S/C23H28N2O2/c1-15(2)9-10-25-21-7-6-20(14-18(21)5-8-22(25)26)24-23(27)19-12-16(3)11-17(4)13-19/h6-7,11-15H,5,8-10H2,1-4H3,(H,24,27). The third kappa shape index (κ3) is 4.57. The van der Waals surface area contributed by atoms with Gasteiger partial charge in [0, 0.05) is 29.9 Å². The van der Waals surface area contributed by atoms with Crippen molar-refractivity contribution in [3.63, 3.8) is 0 Å². The normalized spacial score (nSPS) is 13.7. The van der Waals surface area contributed by atoms with Crippen molar-refractivity contribution in [3.8, 4) is 0 Å². The van der Waals surface area contributed by atoms with Crippen LogP contribution in [-0.4, -0.2) is 18.4 Å². The van der Waals surface area contributed by atoms with Gasteiger partial charge in [0.05, 0.1) is 0 Å². The number of hydrogen-bond donors (Lipinski definition) is 1. The molecule has 0 aromatic heterocycles. The molecule has 0 bridgehead atoms. The molecule has 2 aromatic rings. The van der Waals surface area contributed by atoms with E-state index in [0.29, 0.717) is 17.9 Å². The molecular weight excluding hydrogens is 336 g/mol. The number of nitrogens with one attached hydrogen (secondary N) is 1. The Labute approximate surface area is 161 Å².